The molecule has 1 amide bonds. The van der Waals surface area contributed by atoms with Crippen LogP contribution >= 0.6 is 0 Å². The van der Waals surface area contributed by atoms with Crippen molar-refractivity contribution in [3.63, 3.8) is 0 Å². The van der Waals surface area contributed by atoms with Gasteiger partial charge in [0.1, 0.15) is 6.04 Å². The summed E-state index contributed by atoms with van der Waals surface area (Å²) < 4.78 is 38.0. The second kappa shape index (κ2) is 4.91. The molecule has 0 aliphatic carbocycles. The van der Waals surface area contributed by atoms with Crippen molar-refractivity contribution in [1.29, 1.82) is 0 Å². The quantitative estimate of drug-likeness (QED) is 0.837. The smallest absolute Gasteiger partial charge is 0.371 e. The van der Waals surface area contributed by atoms with Gasteiger partial charge in [-0.05, 0) is 25.0 Å². The fourth-order valence-electron chi connectivity index (χ4n) is 2.94. The van der Waals surface area contributed by atoms with Gasteiger partial charge in [-0.1, -0.05) is 6.07 Å². The minimum Gasteiger partial charge on any atom is -0.371 e. The Bertz CT molecular complexity index is 565. The first kappa shape index (κ1) is 14.2. The molecule has 4 nitrogen and oxygen atoms in total. The fraction of sp³-hybridized carbons (Fsp3) is 0.500. The Morgan fingerprint density at radius 3 is 2.52 bits per heavy atom. The van der Waals surface area contributed by atoms with Crippen LogP contribution in [0.3, 0.4) is 0 Å². The molecule has 114 valence electrons. The second-order valence-electron chi connectivity index (χ2n) is 5.54. The van der Waals surface area contributed by atoms with E-state index < -0.39 is 18.1 Å². The maximum absolute atomic E-state index is 12.7. The number of alkyl halides is 3. The number of fused-ring (bicyclic) bond motifs is 1. The monoisotopic (exact) mass is 299 g/mol. The number of anilines is 2. The maximum Gasteiger partial charge on any atom is 0.391 e. The Hall–Kier alpha value is -1.76. The molecular weight excluding hydrogens is 283 g/mol. The molecule has 2 heterocycles. The fourth-order valence-corrected chi connectivity index (χ4v) is 2.94. The minimum atomic E-state index is -4.11. The third kappa shape index (κ3) is 2.57. The molecule has 7 heteroatoms. The van der Waals surface area contributed by atoms with Gasteiger partial charge in [0, 0.05) is 30.0 Å². The average Bonchev–Trinajstić information content (AvgIpc) is 2.73. The maximum atomic E-state index is 12.7. The van der Waals surface area contributed by atoms with Crippen molar-refractivity contribution >= 4 is 17.3 Å². The summed E-state index contributed by atoms with van der Waals surface area (Å²) in [5.41, 5.74) is 7.94. The van der Waals surface area contributed by atoms with Crippen molar-refractivity contribution in [2.24, 2.45) is 11.7 Å². The summed E-state index contributed by atoms with van der Waals surface area (Å²) in [5, 5.41) is 2.69. The molecule has 0 saturated carbocycles. The van der Waals surface area contributed by atoms with Crippen molar-refractivity contribution in [2.75, 3.05) is 23.3 Å². The van der Waals surface area contributed by atoms with Crippen LogP contribution in [-0.4, -0.2) is 25.2 Å². The highest BCUT2D eigenvalue weighted by Crippen LogP contribution is 2.37. The molecule has 1 aromatic rings. The summed E-state index contributed by atoms with van der Waals surface area (Å²) in [5.74, 6) is -1.46. The molecule has 0 bridgehead atoms. The Morgan fingerprint density at radius 1 is 1.24 bits per heavy atom. The second-order valence-corrected chi connectivity index (χ2v) is 5.54. The van der Waals surface area contributed by atoms with E-state index in [1.54, 1.807) is 12.1 Å². The summed E-state index contributed by atoms with van der Waals surface area (Å²) >= 11 is 0. The zero-order valence-electron chi connectivity index (χ0n) is 11.3. The first-order valence-electron chi connectivity index (χ1n) is 6.88. The number of carbonyl (C=O) groups is 1. The van der Waals surface area contributed by atoms with Gasteiger partial charge in [-0.15, -0.1) is 0 Å². The molecule has 1 aromatic carbocycles. The van der Waals surface area contributed by atoms with Crippen molar-refractivity contribution in [3.05, 3.63) is 23.8 Å². The summed E-state index contributed by atoms with van der Waals surface area (Å²) in [7, 11) is 0. The lowest BCUT2D eigenvalue weighted by molar-refractivity contribution is -0.179. The molecule has 0 spiro atoms. The largest absolute Gasteiger partial charge is 0.391 e. The van der Waals surface area contributed by atoms with E-state index in [2.05, 4.69) is 5.32 Å². The zero-order chi connectivity index (χ0) is 15.2. The van der Waals surface area contributed by atoms with Crippen LogP contribution in [0, 0.1) is 5.92 Å². The minimum absolute atomic E-state index is 0.104. The summed E-state index contributed by atoms with van der Waals surface area (Å²) in [6.07, 6.45) is -3.90. The lowest BCUT2D eigenvalue weighted by Crippen LogP contribution is -2.39. The van der Waals surface area contributed by atoms with Crippen LogP contribution in [0.1, 0.15) is 24.4 Å². The topological polar surface area (TPSA) is 58.4 Å². The molecule has 1 fully saturated rings. The van der Waals surface area contributed by atoms with Gasteiger partial charge in [0.2, 0.25) is 5.91 Å². The highest BCUT2D eigenvalue weighted by molar-refractivity contribution is 6.02. The van der Waals surface area contributed by atoms with E-state index in [1.165, 1.54) is 0 Å². The molecule has 1 atom stereocenters. The van der Waals surface area contributed by atoms with E-state index in [4.69, 9.17) is 5.73 Å². The van der Waals surface area contributed by atoms with Gasteiger partial charge < -0.3 is 16.0 Å². The van der Waals surface area contributed by atoms with Gasteiger partial charge in [0.05, 0.1) is 5.92 Å². The Morgan fingerprint density at radius 2 is 1.90 bits per heavy atom. The first-order chi connectivity index (χ1) is 9.86. The van der Waals surface area contributed by atoms with Crippen LogP contribution in [0.2, 0.25) is 0 Å². The number of nitrogens with one attached hydrogen (secondary N) is 1. The molecular formula is C14H16F3N3O. The average molecular weight is 299 g/mol. The highest BCUT2D eigenvalue weighted by Gasteiger charge is 2.41. The highest BCUT2D eigenvalue weighted by atomic mass is 19.4. The third-order valence-electron chi connectivity index (χ3n) is 4.24. The molecule has 3 rings (SSSR count). The van der Waals surface area contributed by atoms with Gasteiger partial charge in [-0.25, -0.2) is 0 Å². The molecule has 0 radical (unpaired) electrons. The standard InChI is InChI=1S/C14H16F3N3O/c15-14(16,17)8-3-5-20(6-4-8)9-1-2-10-11(7-9)19-13(21)12(10)18/h1-2,7-8,12H,3-6,18H2,(H,19,21). The van der Waals surface area contributed by atoms with Crippen molar-refractivity contribution in [2.45, 2.75) is 25.1 Å². The van der Waals surface area contributed by atoms with Crippen LogP contribution in [0.5, 0.6) is 0 Å². The van der Waals surface area contributed by atoms with Crippen LogP contribution < -0.4 is 16.0 Å². The first-order valence-corrected chi connectivity index (χ1v) is 6.88. The number of rotatable bonds is 1. The summed E-state index contributed by atoms with van der Waals surface area (Å²) in [6.45, 7) is 0.728. The molecule has 21 heavy (non-hydrogen) atoms. The lowest BCUT2D eigenvalue weighted by atomic mass is 9.95. The molecule has 1 unspecified atom stereocenters. The predicted octanol–water partition coefficient (Wildman–Crippen LogP) is 2.42. The number of halogens is 3. The zero-order valence-corrected chi connectivity index (χ0v) is 11.3. The van der Waals surface area contributed by atoms with Gasteiger partial charge in [-0.3, -0.25) is 4.79 Å². The number of hydrogen-bond acceptors (Lipinski definition) is 3. The van der Waals surface area contributed by atoms with E-state index in [9.17, 15) is 18.0 Å². The van der Waals surface area contributed by atoms with Crippen LogP contribution in [0.4, 0.5) is 24.5 Å². The Labute approximate surface area is 120 Å². The molecule has 3 N–H and O–H groups in total. The van der Waals surface area contributed by atoms with Gasteiger partial charge in [0.15, 0.2) is 0 Å². The van der Waals surface area contributed by atoms with E-state index in [0.717, 1.165) is 11.3 Å². The predicted molar refractivity (Wildman–Crippen MR) is 73.0 cm³/mol. The molecule has 2 aliphatic rings. The lowest BCUT2D eigenvalue weighted by Gasteiger charge is -2.34. The van der Waals surface area contributed by atoms with Gasteiger partial charge >= 0.3 is 6.18 Å². The van der Waals surface area contributed by atoms with Crippen LogP contribution in [-0.2, 0) is 4.79 Å². The number of nitrogens with two attached hydrogens (primary N) is 1. The Balaban J connectivity index is 1.73. The van der Waals surface area contributed by atoms with Gasteiger partial charge in [-0.2, -0.15) is 13.2 Å². The van der Waals surface area contributed by atoms with Crippen molar-refractivity contribution in [1.82, 2.24) is 0 Å². The normalized spacial score (nSPS) is 23.1. The molecule has 0 aromatic heterocycles. The van der Waals surface area contributed by atoms with E-state index in [1.807, 2.05) is 11.0 Å². The number of benzene rings is 1. The number of piperidine rings is 1. The molecule has 2 aliphatic heterocycles. The van der Waals surface area contributed by atoms with Crippen LogP contribution in [0.25, 0.3) is 0 Å². The number of nitrogens with zero attached hydrogens (tertiary/aromatic N) is 1. The molecule has 1 saturated heterocycles. The van der Waals surface area contributed by atoms with Crippen LogP contribution in [0.15, 0.2) is 18.2 Å². The SMILES string of the molecule is NC1C(=O)Nc2cc(N3CCC(C(F)(F)F)CC3)ccc21. The number of carbonyl (C=O) groups excluding carboxylic acids is 1. The van der Waals surface area contributed by atoms with Crippen molar-refractivity contribution in [3.8, 4) is 0 Å². The van der Waals surface area contributed by atoms with E-state index in [-0.39, 0.29) is 18.7 Å². The van der Waals surface area contributed by atoms with E-state index in [0.29, 0.717) is 18.8 Å². The third-order valence-corrected chi connectivity index (χ3v) is 4.24. The number of hydrogen-bond donors (Lipinski definition) is 2. The summed E-state index contributed by atoms with van der Waals surface area (Å²) in [4.78, 5) is 13.4. The van der Waals surface area contributed by atoms with Crippen molar-refractivity contribution < 1.29 is 18.0 Å². The Kier molecular flexibility index (Phi) is 3.32. The van der Waals surface area contributed by atoms with E-state index >= 15 is 0 Å². The number of amides is 1. The summed E-state index contributed by atoms with van der Waals surface area (Å²) in [6, 6.07) is 4.70. The van der Waals surface area contributed by atoms with Gasteiger partial charge in [0.25, 0.3) is 0 Å².